The van der Waals surface area contributed by atoms with Crippen LogP contribution in [0.25, 0.3) is 0 Å². The second-order valence-corrected chi connectivity index (χ2v) is 5.10. The number of H-pyrrole nitrogens is 1. The number of amides is 1. The molecule has 0 saturated heterocycles. The van der Waals surface area contributed by atoms with Gasteiger partial charge in [0.15, 0.2) is 5.69 Å². The fourth-order valence-corrected chi connectivity index (χ4v) is 1.90. The van der Waals surface area contributed by atoms with Gasteiger partial charge >= 0.3 is 0 Å². The number of aromatic nitrogens is 2. The van der Waals surface area contributed by atoms with E-state index in [1.54, 1.807) is 11.9 Å². The third-order valence-electron chi connectivity index (χ3n) is 3.03. The molecule has 6 heteroatoms. The molecule has 1 aromatic rings. The van der Waals surface area contributed by atoms with Crippen molar-refractivity contribution in [3.8, 4) is 0 Å². The van der Waals surface area contributed by atoms with Gasteiger partial charge in [0, 0.05) is 13.6 Å². The van der Waals surface area contributed by atoms with Crippen LogP contribution in [0.2, 0.25) is 0 Å². The van der Waals surface area contributed by atoms with Gasteiger partial charge in [-0.05, 0) is 33.5 Å². The van der Waals surface area contributed by atoms with Gasteiger partial charge in [-0.25, -0.2) is 0 Å². The number of hydrogen-bond acceptors (Lipinski definition) is 4. The summed E-state index contributed by atoms with van der Waals surface area (Å²) in [4.78, 5) is 16.0. The lowest BCUT2D eigenvalue weighted by Gasteiger charge is -2.17. The highest BCUT2D eigenvalue weighted by molar-refractivity contribution is 5.97. The van der Waals surface area contributed by atoms with Gasteiger partial charge in [-0.3, -0.25) is 9.89 Å². The van der Waals surface area contributed by atoms with Gasteiger partial charge in [0.1, 0.15) is 0 Å². The average Bonchev–Trinajstić information content (AvgIpc) is 2.70. The zero-order valence-electron chi connectivity index (χ0n) is 12.4. The number of aromatic amines is 1. The van der Waals surface area contributed by atoms with Crippen LogP contribution in [0.5, 0.6) is 0 Å². The Morgan fingerprint density at radius 3 is 2.58 bits per heavy atom. The quantitative estimate of drug-likeness (QED) is 0.771. The Bertz CT molecular complexity index is 413. The van der Waals surface area contributed by atoms with Crippen LogP contribution in [0.1, 0.15) is 35.9 Å². The SMILES string of the molecule is CCCc1[nH]nc(C(=O)N(C)CCCN(C)C)c1N. The first-order chi connectivity index (χ1) is 8.97. The highest BCUT2D eigenvalue weighted by atomic mass is 16.2. The Labute approximate surface area is 114 Å². The smallest absolute Gasteiger partial charge is 0.276 e. The first kappa shape index (κ1) is 15.5. The fraction of sp³-hybridized carbons (Fsp3) is 0.692. The molecule has 0 atom stereocenters. The summed E-state index contributed by atoms with van der Waals surface area (Å²) >= 11 is 0. The normalized spacial score (nSPS) is 11.0. The number of carbonyl (C=O) groups excluding carboxylic acids is 1. The minimum Gasteiger partial charge on any atom is -0.395 e. The summed E-state index contributed by atoms with van der Waals surface area (Å²) in [6.07, 6.45) is 2.72. The molecule has 0 spiro atoms. The monoisotopic (exact) mass is 267 g/mol. The van der Waals surface area contributed by atoms with Crippen molar-refractivity contribution >= 4 is 11.6 Å². The van der Waals surface area contributed by atoms with E-state index in [1.807, 2.05) is 14.1 Å². The maximum Gasteiger partial charge on any atom is 0.276 e. The number of carbonyl (C=O) groups is 1. The Morgan fingerprint density at radius 1 is 1.32 bits per heavy atom. The standard InChI is InChI=1S/C13H25N5O/c1-5-7-10-11(14)12(16-15-10)13(19)18(4)9-6-8-17(2)3/h5-9,14H2,1-4H3,(H,15,16). The van der Waals surface area contributed by atoms with E-state index in [0.29, 0.717) is 17.9 Å². The Hall–Kier alpha value is -1.56. The molecule has 0 aliphatic rings. The zero-order valence-corrected chi connectivity index (χ0v) is 12.4. The number of nitrogens with zero attached hydrogens (tertiary/aromatic N) is 3. The van der Waals surface area contributed by atoms with Crippen LogP contribution >= 0.6 is 0 Å². The second kappa shape index (κ2) is 7.13. The number of anilines is 1. The van der Waals surface area contributed by atoms with Crippen LogP contribution in [-0.4, -0.2) is 60.1 Å². The molecule has 3 N–H and O–H groups in total. The van der Waals surface area contributed by atoms with Gasteiger partial charge in [0.25, 0.3) is 5.91 Å². The first-order valence-corrected chi connectivity index (χ1v) is 6.70. The maximum absolute atomic E-state index is 12.2. The zero-order chi connectivity index (χ0) is 14.4. The highest BCUT2D eigenvalue weighted by Crippen LogP contribution is 2.17. The van der Waals surface area contributed by atoms with Crippen LogP contribution in [0.15, 0.2) is 0 Å². The molecule has 0 bridgehead atoms. The number of rotatable bonds is 7. The number of aryl methyl sites for hydroxylation is 1. The van der Waals surface area contributed by atoms with E-state index in [1.165, 1.54) is 0 Å². The number of nitrogens with one attached hydrogen (secondary N) is 1. The van der Waals surface area contributed by atoms with Gasteiger partial charge < -0.3 is 15.5 Å². The summed E-state index contributed by atoms with van der Waals surface area (Å²) in [5.74, 6) is -0.116. The van der Waals surface area contributed by atoms with Crippen LogP contribution in [0.4, 0.5) is 5.69 Å². The molecular weight excluding hydrogens is 242 g/mol. The second-order valence-electron chi connectivity index (χ2n) is 5.10. The first-order valence-electron chi connectivity index (χ1n) is 6.70. The molecule has 1 amide bonds. The lowest BCUT2D eigenvalue weighted by Crippen LogP contribution is -2.30. The topological polar surface area (TPSA) is 78.2 Å². The van der Waals surface area contributed by atoms with Crippen molar-refractivity contribution in [2.45, 2.75) is 26.2 Å². The van der Waals surface area contributed by atoms with E-state index in [-0.39, 0.29) is 5.91 Å². The number of hydrogen-bond donors (Lipinski definition) is 2. The predicted octanol–water partition coefficient (Wildman–Crippen LogP) is 0.968. The molecule has 6 nitrogen and oxygen atoms in total. The lowest BCUT2D eigenvalue weighted by atomic mass is 10.2. The maximum atomic E-state index is 12.2. The Balaban J connectivity index is 2.61. The Morgan fingerprint density at radius 2 is 2.00 bits per heavy atom. The molecule has 1 aromatic heterocycles. The molecule has 1 rings (SSSR count). The van der Waals surface area contributed by atoms with Crippen molar-refractivity contribution in [3.05, 3.63) is 11.4 Å². The summed E-state index contributed by atoms with van der Waals surface area (Å²) in [6.45, 7) is 3.72. The minimum atomic E-state index is -0.116. The number of nitrogen functional groups attached to an aromatic ring is 1. The van der Waals surface area contributed by atoms with Gasteiger partial charge in [0.2, 0.25) is 0 Å². The summed E-state index contributed by atoms with van der Waals surface area (Å²) < 4.78 is 0. The van der Waals surface area contributed by atoms with Crippen molar-refractivity contribution in [2.75, 3.05) is 40.0 Å². The molecule has 0 aromatic carbocycles. The van der Waals surface area contributed by atoms with Crippen LogP contribution < -0.4 is 5.73 Å². The molecule has 108 valence electrons. The van der Waals surface area contributed by atoms with Gasteiger partial charge in [-0.1, -0.05) is 13.3 Å². The predicted molar refractivity (Wildman–Crippen MR) is 77.1 cm³/mol. The molecule has 0 aliphatic carbocycles. The van der Waals surface area contributed by atoms with Gasteiger partial charge in [0.05, 0.1) is 11.4 Å². The molecule has 19 heavy (non-hydrogen) atoms. The van der Waals surface area contributed by atoms with Crippen molar-refractivity contribution in [2.24, 2.45) is 0 Å². The largest absolute Gasteiger partial charge is 0.395 e. The molecule has 0 saturated carbocycles. The lowest BCUT2D eigenvalue weighted by molar-refractivity contribution is 0.0786. The molecule has 0 radical (unpaired) electrons. The van der Waals surface area contributed by atoms with E-state index < -0.39 is 0 Å². The van der Waals surface area contributed by atoms with Gasteiger partial charge in [-0.2, -0.15) is 5.10 Å². The van der Waals surface area contributed by atoms with Gasteiger partial charge in [-0.15, -0.1) is 0 Å². The van der Waals surface area contributed by atoms with Crippen molar-refractivity contribution in [1.82, 2.24) is 20.0 Å². The molecule has 0 unspecified atom stereocenters. The van der Waals surface area contributed by atoms with Crippen molar-refractivity contribution in [1.29, 1.82) is 0 Å². The third-order valence-corrected chi connectivity index (χ3v) is 3.03. The summed E-state index contributed by atoms with van der Waals surface area (Å²) in [7, 11) is 5.82. The highest BCUT2D eigenvalue weighted by Gasteiger charge is 2.19. The summed E-state index contributed by atoms with van der Waals surface area (Å²) in [5.41, 5.74) is 7.65. The van der Waals surface area contributed by atoms with E-state index in [9.17, 15) is 4.79 Å². The third kappa shape index (κ3) is 4.24. The Kier molecular flexibility index (Phi) is 5.82. The minimum absolute atomic E-state index is 0.116. The molecule has 0 fully saturated rings. The molecule has 0 aliphatic heterocycles. The van der Waals surface area contributed by atoms with Crippen LogP contribution in [-0.2, 0) is 6.42 Å². The fourth-order valence-electron chi connectivity index (χ4n) is 1.90. The molecular formula is C13H25N5O. The van der Waals surface area contributed by atoms with Crippen molar-refractivity contribution < 1.29 is 4.79 Å². The summed E-state index contributed by atoms with van der Waals surface area (Å²) in [6, 6.07) is 0. The van der Waals surface area contributed by atoms with Crippen molar-refractivity contribution in [3.63, 3.8) is 0 Å². The van der Waals surface area contributed by atoms with Crippen LogP contribution in [0, 0.1) is 0 Å². The molecule has 1 heterocycles. The average molecular weight is 267 g/mol. The van der Waals surface area contributed by atoms with E-state index in [2.05, 4.69) is 22.0 Å². The number of nitrogens with two attached hydrogens (primary N) is 1. The summed E-state index contributed by atoms with van der Waals surface area (Å²) in [5, 5.41) is 6.90. The van der Waals surface area contributed by atoms with E-state index >= 15 is 0 Å². The van der Waals surface area contributed by atoms with E-state index in [0.717, 1.165) is 31.5 Å². The van der Waals surface area contributed by atoms with E-state index in [4.69, 9.17) is 5.73 Å². The van der Waals surface area contributed by atoms with Crippen LogP contribution in [0.3, 0.4) is 0 Å².